The van der Waals surface area contributed by atoms with Crippen LogP contribution in [0.3, 0.4) is 0 Å². The second-order valence-corrected chi connectivity index (χ2v) is 6.56. The Bertz CT molecular complexity index is 849. The minimum Gasteiger partial charge on any atom is -0.368 e. The number of carbonyl (C=O) groups excluding carboxylic acids is 2. The lowest BCUT2D eigenvalue weighted by atomic mass is 10.2. The number of anilines is 2. The molecule has 1 fully saturated rings. The van der Waals surface area contributed by atoms with E-state index in [1.807, 2.05) is 25.1 Å². The van der Waals surface area contributed by atoms with Crippen molar-refractivity contribution >= 4 is 23.2 Å². The van der Waals surface area contributed by atoms with E-state index in [0.29, 0.717) is 32.2 Å². The van der Waals surface area contributed by atoms with Gasteiger partial charge < -0.3 is 15.1 Å². The van der Waals surface area contributed by atoms with Crippen molar-refractivity contribution in [1.82, 2.24) is 4.90 Å². The van der Waals surface area contributed by atoms with Crippen LogP contribution in [0.25, 0.3) is 0 Å². The van der Waals surface area contributed by atoms with Crippen LogP contribution in [0.1, 0.15) is 12.0 Å². The number of nitrogens with zero attached hydrogens (tertiary/aromatic N) is 2. The van der Waals surface area contributed by atoms with E-state index in [1.54, 1.807) is 4.90 Å². The molecular formula is C20H21F2N3O2. The lowest BCUT2D eigenvalue weighted by Crippen LogP contribution is -2.49. The van der Waals surface area contributed by atoms with Gasteiger partial charge in [0, 0.05) is 37.9 Å². The van der Waals surface area contributed by atoms with Crippen LogP contribution < -0.4 is 10.2 Å². The molecule has 0 saturated carbocycles. The maximum absolute atomic E-state index is 13.6. The summed E-state index contributed by atoms with van der Waals surface area (Å²) < 4.78 is 26.5. The van der Waals surface area contributed by atoms with Gasteiger partial charge in [0.1, 0.15) is 18.1 Å². The molecule has 5 nitrogen and oxygen atoms in total. The molecule has 0 unspecified atom stereocenters. The smallest absolute Gasteiger partial charge is 0.233 e. The van der Waals surface area contributed by atoms with Crippen LogP contribution in [-0.4, -0.2) is 42.9 Å². The van der Waals surface area contributed by atoms with Crippen LogP contribution in [0, 0.1) is 18.6 Å². The first-order chi connectivity index (χ1) is 12.9. The van der Waals surface area contributed by atoms with Crippen molar-refractivity contribution in [3.8, 4) is 0 Å². The lowest BCUT2D eigenvalue weighted by molar-refractivity contribution is -0.134. The van der Waals surface area contributed by atoms with Crippen molar-refractivity contribution in [2.24, 2.45) is 0 Å². The van der Waals surface area contributed by atoms with Gasteiger partial charge in [0.15, 0.2) is 0 Å². The third kappa shape index (κ3) is 4.81. The minimum absolute atomic E-state index is 0.140. The van der Waals surface area contributed by atoms with Crippen molar-refractivity contribution < 1.29 is 18.4 Å². The molecule has 1 heterocycles. The van der Waals surface area contributed by atoms with Gasteiger partial charge in [0.05, 0.1) is 5.69 Å². The molecule has 7 heteroatoms. The number of nitrogens with one attached hydrogen (secondary N) is 1. The Morgan fingerprint density at radius 3 is 2.44 bits per heavy atom. The van der Waals surface area contributed by atoms with Crippen molar-refractivity contribution in [3.05, 3.63) is 59.7 Å². The van der Waals surface area contributed by atoms with Crippen LogP contribution >= 0.6 is 0 Å². The highest BCUT2D eigenvalue weighted by Crippen LogP contribution is 2.18. The molecule has 3 rings (SSSR count). The van der Waals surface area contributed by atoms with Crippen LogP contribution in [0.2, 0.25) is 0 Å². The summed E-state index contributed by atoms with van der Waals surface area (Å²) in [5.74, 6) is -2.53. The Hall–Kier alpha value is -2.96. The minimum atomic E-state index is -0.873. The maximum Gasteiger partial charge on any atom is 0.233 e. The van der Waals surface area contributed by atoms with Gasteiger partial charge in [0.25, 0.3) is 0 Å². The van der Waals surface area contributed by atoms with Crippen LogP contribution in [0.4, 0.5) is 20.2 Å². The highest BCUT2D eigenvalue weighted by atomic mass is 19.1. The van der Waals surface area contributed by atoms with Crippen molar-refractivity contribution in [3.63, 3.8) is 0 Å². The Kier molecular flexibility index (Phi) is 5.69. The largest absolute Gasteiger partial charge is 0.368 e. The number of rotatable bonds is 4. The molecule has 1 saturated heterocycles. The molecule has 1 aliphatic heterocycles. The summed E-state index contributed by atoms with van der Waals surface area (Å²) in [7, 11) is 0. The van der Waals surface area contributed by atoms with E-state index >= 15 is 0 Å². The van der Waals surface area contributed by atoms with E-state index in [0.717, 1.165) is 17.8 Å². The molecule has 27 heavy (non-hydrogen) atoms. The van der Waals surface area contributed by atoms with Gasteiger partial charge in [-0.3, -0.25) is 9.59 Å². The van der Waals surface area contributed by atoms with Gasteiger partial charge in [-0.15, -0.1) is 0 Å². The first-order valence-electron chi connectivity index (χ1n) is 8.76. The van der Waals surface area contributed by atoms with E-state index in [-0.39, 0.29) is 18.0 Å². The number of benzene rings is 2. The summed E-state index contributed by atoms with van der Waals surface area (Å²) >= 11 is 0. The zero-order valence-electron chi connectivity index (χ0n) is 15.0. The van der Waals surface area contributed by atoms with E-state index in [4.69, 9.17) is 0 Å². The van der Waals surface area contributed by atoms with Crippen LogP contribution in [0.5, 0.6) is 0 Å². The highest BCUT2D eigenvalue weighted by molar-refractivity contribution is 6.03. The number of halogens is 2. The van der Waals surface area contributed by atoms with Gasteiger partial charge in [0.2, 0.25) is 11.8 Å². The molecular weight excluding hydrogens is 352 g/mol. The third-order valence-electron chi connectivity index (χ3n) is 4.52. The molecule has 0 aromatic heterocycles. The molecule has 2 amide bonds. The zero-order chi connectivity index (χ0) is 19.4. The lowest BCUT2D eigenvalue weighted by Gasteiger charge is -2.36. The second kappa shape index (κ2) is 8.16. The Balaban J connectivity index is 1.51. The second-order valence-electron chi connectivity index (χ2n) is 6.56. The molecule has 0 atom stereocenters. The number of hydrogen-bond donors (Lipinski definition) is 1. The number of carbonyl (C=O) groups is 2. The molecule has 0 spiro atoms. The first-order valence-corrected chi connectivity index (χ1v) is 8.76. The van der Waals surface area contributed by atoms with Gasteiger partial charge in [-0.05, 0) is 36.8 Å². The Labute approximate surface area is 156 Å². The first kappa shape index (κ1) is 18.8. The van der Waals surface area contributed by atoms with E-state index in [1.165, 1.54) is 5.56 Å². The van der Waals surface area contributed by atoms with Gasteiger partial charge >= 0.3 is 0 Å². The number of amides is 2. The highest BCUT2D eigenvalue weighted by Gasteiger charge is 2.23. The predicted octanol–water partition coefficient (Wildman–Crippen LogP) is 2.95. The quantitative estimate of drug-likeness (QED) is 0.839. The standard InChI is InChI=1S/C20H21F2N3O2/c1-14-3-2-4-16(11-14)24-7-9-25(10-8-24)20(27)13-19(26)23-18-6-5-15(21)12-17(18)22/h2-6,11-12H,7-10,13H2,1H3,(H,23,26). The number of piperazine rings is 1. The van der Waals surface area contributed by atoms with E-state index in [2.05, 4.69) is 16.3 Å². The number of hydrogen-bond acceptors (Lipinski definition) is 3. The summed E-state index contributed by atoms with van der Waals surface area (Å²) in [5.41, 5.74) is 2.15. The van der Waals surface area contributed by atoms with Gasteiger partial charge in [-0.1, -0.05) is 12.1 Å². The fraction of sp³-hybridized carbons (Fsp3) is 0.300. The van der Waals surface area contributed by atoms with Crippen molar-refractivity contribution in [1.29, 1.82) is 0 Å². The van der Waals surface area contributed by atoms with E-state index in [9.17, 15) is 18.4 Å². The molecule has 1 aliphatic rings. The number of aryl methyl sites for hydroxylation is 1. The molecule has 0 bridgehead atoms. The molecule has 0 aliphatic carbocycles. The SMILES string of the molecule is Cc1cccc(N2CCN(C(=O)CC(=O)Nc3ccc(F)cc3F)CC2)c1. The van der Waals surface area contributed by atoms with Gasteiger partial charge in [-0.25, -0.2) is 8.78 Å². The summed E-state index contributed by atoms with van der Waals surface area (Å²) in [6.45, 7) is 4.44. The average molecular weight is 373 g/mol. The third-order valence-corrected chi connectivity index (χ3v) is 4.52. The monoisotopic (exact) mass is 373 g/mol. The topological polar surface area (TPSA) is 52.7 Å². The molecule has 2 aromatic carbocycles. The zero-order valence-corrected chi connectivity index (χ0v) is 15.0. The summed E-state index contributed by atoms with van der Waals surface area (Å²) in [6, 6.07) is 11.0. The summed E-state index contributed by atoms with van der Waals surface area (Å²) in [6.07, 6.45) is -0.374. The summed E-state index contributed by atoms with van der Waals surface area (Å²) in [4.78, 5) is 28.2. The molecule has 2 aromatic rings. The van der Waals surface area contributed by atoms with Crippen LogP contribution in [-0.2, 0) is 9.59 Å². The fourth-order valence-corrected chi connectivity index (χ4v) is 3.07. The molecule has 1 N–H and O–H groups in total. The fourth-order valence-electron chi connectivity index (χ4n) is 3.07. The average Bonchev–Trinajstić information content (AvgIpc) is 2.64. The van der Waals surface area contributed by atoms with Crippen molar-refractivity contribution in [2.45, 2.75) is 13.3 Å². The molecule has 0 radical (unpaired) electrons. The Morgan fingerprint density at radius 1 is 1.04 bits per heavy atom. The van der Waals surface area contributed by atoms with E-state index < -0.39 is 17.5 Å². The summed E-state index contributed by atoms with van der Waals surface area (Å²) in [5, 5.41) is 2.31. The van der Waals surface area contributed by atoms with Crippen molar-refractivity contribution in [2.75, 3.05) is 36.4 Å². The van der Waals surface area contributed by atoms with Crippen LogP contribution in [0.15, 0.2) is 42.5 Å². The van der Waals surface area contributed by atoms with Gasteiger partial charge in [-0.2, -0.15) is 0 Å². The Morgan fingerprint density at radius 2 is 1.78 bits per heavy atom. The molecule has 142 valence electrons. The predicted molar refractivity (Wildman–Crippen MR) is 99.6 cm³/mol. The normalized spacial score (nSPS) is 14.2. The maximum atomic E-state index is 13.6.